The number of nitrogens with zero attached hydrogens (tertiary/aromatic N) is 3. The summed E-state index contributed by atoms with van der Waals surface area (Å²) in [5.74, 6) is 0.232. The number of fused-ring (bicyclic) bond motifs is 5. The van der Waals surface area contributed by atoms with Crippen molar-refractivity contribution < 1.29 is 9.59 Å². The molecule has 2 aromatic rings. The van der Waals surface area contributed by atoms with Crippen LogP contribution in [0.1, 0.15) is 53.7 Å². The first kappa shape index (κ1) is 19.7. The summed E-state index contributed by atoms with van der Waals surface area (Å²) in [4.78, 5) is 33.5. The van der Waals surface area contributed by atoms with Crippen LogP contribution in [0.4, 0.5) is 11.4 Å². The standard InChI is InChI=1S/C25H29N5O2/c1-15(31)30-22-11-21(22)24-23(30)10-17(12-27-24)25(32)26-9-8-16-2-6-20(7-3-16)29-13-18-4-5-19(14-29)28-18/h2-3,6-7,10,12,18-19,21-22,28H,4-5,8-9,11,13-14H2,1H3,(H,26,32)/t18?,19?,21-,22+/m0/s1. The van der Waals surface area contributed by atoms with Crippen LogP contribution < -0.4 is 20.4 Å². The van der Waals surface area contributed by atoms with E-state index >= 15 is 0 Å². The Morgan fingerprint density at radius 2 is 1.91 bits per heavy atom. The molecule has 3 fully saturated rings. The summed E-state index contributed by atoms with van der Waals surface area (Å²) in [6.45, 7) is 4.32. The van der Waals surface area contributed by atoms with Crippen molar-refractivity contribution >= 4 is 23.2 Å². The molecule has 1 saturated carbocycles. The molecule has 1 aliphatic carbocycles. The highest BCUT2D eigenvalue weighted by Crippen LogP contribution is 2.55. The summed E-state index contributed by atoms with van der Waals surface area (Å²) in [7, 11) is 0. The molecule has 32 heavy (non-hydrogen) atoms. The van der Waals surface area contributed by atoms with Crippen LogP contribution in [0.5, 0.6) is 0 Å². The van der Waals surface area contributed by atoms with E-state index in [9.17, 15) is 9.59 Å². The van der Waals surface area contributed by atoms with Gasteiger partial charge in [-0.15, -0.1) is 0 Å². The Morgan fingerprint density at radius 3 is 2.62 bits per heavy atom. The fourth-order valence-corrected chi connectivity index (χ4v) is 5.71. The number of anilines is 2. The van der Waals surface area contributed by atoms with Crippen LogP contribution in [0.2, 0.25) is 0 Å². The van der Waals surface area contributed by atoms with E-state index in [1.165, 1.54) is 24.1 Å². The van der Waals surface area contributed by atoms with Crippen LogP contribution in [-0.4, -0.2) is 54.6 Å². The quantitative estimate of drug-likeness (QED) is 0.759. The van der Waals surface area contributed by atoms with Gasteiger partial charge in [-0.1, -0.05) is 12.1 Å². The van der Waals surface area contributed by atoms with Crippen molar-refractivity contribution in [1.82, 2.24) is 15.6 Å². The summed E-state index contributed by atoms with van der Waals surface area (Å²) in [6, 6.07) is 12.1. The summed E-state index contributed by atoms with van der Waals surface area (Å²) in [6.07, 6.45) is 5.97. The first-order valence-electron chi connectivity index (χ1n) is 11.7. The molecule has 6 rings (SSSR count). The number of rotatable bonds is 5. The predicted octanol–water partition coefficient (Wildman–Crippen LogP) is 2.22. The van der Waals surface area contributed by atoms with Crippen molar-refractivity contribution in [3.8, 4) is 0 Å². The van der Waals surface area contributed by atoms with E-state index in [1.54, 1.807) is 18.0 Å². The van der Waals surface area contributed by atoms with Gasteiger partial charge in [-0.05, 0) is 49.4 Å². The minimum absolute atomic E-state index is 0.0209. The normalized spacial score (nSPS) is 27.2. The minimum Gasteiger partial charge on any atom is -0.368 e. The van der Waals surface area contributed by atoms with Gasteiger partial charge < -0.3 is 20.4 Å². The van der Waals surface area contributed by atoms with Crippen LogP contribution in [0.3, 0.4) is 0 Å². The van der Waals surface area contributed by atoms with E-state index in [2.05, 4.69) is 44.8 Å². The van der Waals surface area contributed by atoms with Crippen molar-refractivity contribution in [2.45, 2.75) is 56.7 Å². The molecule has 1 aromatic heterocycles. The highest BCUT2D eigenvalue weighted by molar-refractivity contribution is 6.00. The van der Waals surface area contributed by atoms with Gasteiger partial charge in [-0.3, -0.25) is 14.6 Å². The maximum atomic E-state index is 12.7. The van der Waals surface area contributed by atoms with Gasteiger partial charge in [0, 0.05) is 62.5 Å². The Hall–Kier alpha value is -2.93. The SMILES string of the molecule is CC(=O)N1c2cc(C(=O)NCCc3ccc(N4CC5CCC(C4)N5)cc3)cnc2[C@H]2C[C@H]21. The maximum absolute atomic E-state index is 12.7. The third-order valence-corrected chi connectivity index (χ3v) is 7.42. The zero-order valence-corrected chi connectivity index (χ0v) is 18.4. The highest BCUT2D eigenvalue weighted by Gasteiger charge is 2.53. The van der Waals surface area contributed by atoms with E-state index in [0.717, 1.165) is 37.3 Å². The van der Waals surface area contributed by atoms with Crippen LogP contribution in [-0.2, 0) is 11.2 Å². The van der Waals surface area contributed by atoms with Gasteiger partial charge in [0.1, 0.15) is 0 Å². The summed E-state index contributed by atoms with van der Waals surface area (Å²) in [5, 5.41) is 6.68. The second-order valence-electron chi connectivity index (χ2n) is 9.64. The number of aromatic nitrogens is 1. The molecular weight excluding hydrogens is 402 g/mol. The first-order chi connectivity index (χ1) is 15.6. The van der Waals surface area contributed by atoms with Crippen molar-refractivity contribution in [2.75, 3.05) is 29.4 Å². The van der Waals surface area contributed by atoms with Crippen LogP contribution >= 0.6 is 0 Å². The second kappa shape index (κ2) is 7.59. The molecule has 3 aliphatic heterocycles. The fourth-order valence-electron chi connectivity index (χ4n) is 5.71. The highest BCUT2D eigenvalue weighted by atomic mass is 16.2. The molecule has 2 amide bonds. The molecular formula is C25H29N5O2. The maximum Gasteiger partial charge on any atom is 0.252 e. The molecule has 2 N–H and O–H groups in total. The predicted molar refractivity (Wildman–Crippen MR) is 123 cm³/mol. The summed E-state index contributed by atoms with van der Waals surface area (Å²) >= 11 is 0. The zero-order valence-electron chi connectivity index (χ0n) is 18.4. The third kappa shape index (κ3) is 3.45. The average molecular weight is 432 g/mol. The number of pyridine rings is 1. The Morgan fingerprint density at radius 1 is 1.16 bits per heavy atom. The molecule has 7 nitrogen and oxygen atoms in total. The number of piperazine rings is 1. The van der Waals surface area contributed by atoms with Crippen molar-refractivity contribution in [3.05, 3.63) is 53.3 Å². The Balaban J connectivity index is 1.05. The molecule has 4 heterocycles. The average Bonchev–Trinajstić information content (AvgIpc) is 3.40. The fraction of sp³-hybridized carbons (Fsp3) is 0.480. The molecule has 7 heteroatoms. The van der Waals surface area contributed by atoms with Gasteiger partial charge in [-0.2, -0.15) is 0 Å². The number of hydrogen-bond donors (Lipinski definition) is 2. The minimum atomic E-state index is -0.141. The van der Waals surface area contributed by atoms with E-state index in [-0.39, 0.29) is 17.9 Å². The van der Waals surface area contributed by atoms with Gasteiger partial charge in [0.25, 0.3) is 5.91 Å². The van der Waals surface area contributed by atoms with E-state index < -0.39 is 0 Å². The summed E-state index contributed by atoms with van der Waals surface area (Å²) in [5.41, 5.74) is 4.78. The smallest absolute Gasteiger partial charge is 0.252 e. The molecule has 2 saturated heterocycles. The lowest BCUT2D eigenvalue weighted by atomic mass is 10.1. The van der Waals surface area contributed by atoms with Crippen LogP contribution in [0, 0.1) is 0 Å². The number of amides is 2. The summed E-state index contributed by atoms with van der Waals surface area (Å²) < 4.78 is 0. The molecule has 0 radical (unpaired) electrons. The zero-order chi connectivity index (χ0) is 21.8. The monoisotopic (exact) mass is 431 g/mol. The van der Waals surface area contributed by atoms with Crippen molar-refractivity contribution in [3.63, 3.8) is 0 Å². The van der Waals surface area contributed by atoms with Crippen LogP contribution in [0.25, 0.3) is 0 Å². The Kier molecular flexibility index (Phi) is 4.68. The second-order valence-corrected chi connectivity index (χ2v) is 9.64. The largest absolute Gasteiger partial charge is 0.368 e. The van der Waals surface area contributed by atoms with Crippen molar-refractivity contribution in [1.29, 1.82) is 0 Å². The molecule has 166 valence electrons. The number of carbonyl (C=O) groups excluding carboxylic acids is 2. The van der Waals surface area contributed by atoms with Gasteiger partial charge in [0.15, 0.2) is 0 Å². The molecule has 4 aliphatic rings. The van der Waals surface area contributed by atoms with Gasteiger partial charge in [0.05, 0.1) is 16.9 Å². The topological polar surface area (TPSA) is 77.6 Å². The molecule has 4 atom stereocenters. The van der Waals surface area contributed by atoms with E-state index in [4.69, 9.17) is 0 Å². The number of carbonyl (C=O) groups is 2. The Labute approximate surface area is 188 Å². The van der Waals surface area contributed by atoms with Gasteiger partial charge >= 0.3 is 0 Å². The number of benzene rings is 1. The van der Waals surface area contributed by atoms with E-state index in [0.29, 0.717) is 30.1 Å². The molecule has 0 spiro atoms. The number of hydrogen-bond acceptors (Lipinski definition) is 5. The Bertz CT molecular complexity index is 1060. The molecule has 2 bridgehead atoms. The van der Waals surface area contributed by atoms with Gasteiger partial charge in [0.2, 0.25) is 5.91 Å². The lowest BCUT2D eigenvalue weighted by Crippen LogP contribution is -2.51. The molecule has 2 unspecified atom stereocenters. The van der Waals surface area contributed by atoms with Crippen LogP contribution in [0.15, 0.2) is 36.5 Å². The first-order valence-corrected chi connectivity index (χ1v) is 11.7. The number of nitrogens with one attached hydrogen (secondary N) is 2. The van der Waals surface area contributed by atoms with E-state index in [1.807, 2.05) is 6.07 Å². The lowest BCUT2D eigenvalue weighted by molar-refractivity contribution is -0.116. The third-order valence-electron chi connectivity index (χ3n) is 7.42. The lowest BCUT2D eigenvalue weighted by Gasteiger charge is -2.34. The van der Waals surface area contributed by atoms with Gasteiger partial charge in [-0.25, -0.2) is 0 Å². The van der Waals surface area contributed by atoms with Crippen molar-refractivity contribution in [2.24, 2.45) is 0 Å². The molecule has 1 aromatic carbocycles.